The van der Waals surface area contributed by atoms with Crippen LogP contribution < -0.4 is 10.3 Å². The normalized spacial score (nSPS) is 15.0. The van der Waals surface area contributed by atoms with Gasteiger partial charge in [0.2, 0.25) is 0 Å². The molecule has 1 atom stereocenters. The van der Waals surface area contributed by atoms with Crippen LogP contribution in [0.1, 0.15) is 39.7 Å². The Kier molecular flexibility index (Phi) is 7.46. The third-order valence-electron chi connectivity index (χ3n) is 7.36. The predicted molar refractivity (Wildman–Crippen MR) is 150 cm³/mol. The second-order valence-corrected chi connectivity index (χ2v) is 10.5. The number of rotatable bonds is 7. The minimum atomic E-state index is -0.474. The van der Waals surface area contributed by atoms with E-state index < -0.39 is 5.97 Å². The second-order valence-electron chi connectivity index (χ2n) is 10.1. The first-order valence-corrected chi connectivity index (χ1v) is 13.3. The summed E-state index contributed by atoms with van der Waals surface area (Å²) in [6, 6.07) is 11.2. The minimum absolute atomic E-state index is 0.0129. The maximum Gasteiger partial charge on any atom is 0.356 e. The van der Waals surface area contributed by atoms with E-state index in [2.05, 4.69) is 24.1 Å². The summed E-state index contributed by atoms with van der Waals surface area (Å²) in [7, 11) is 5.44. The highest BCUT2D eigenvalue weighted by molar-refractivity contribution is 6.31. The van der Waals surface area contributed by atoms with E-state index in [0.29, 0.717) is 47.0 Å². The summed E-state index contributed by atoms with van der Waals surface area (Å²) in [4.78, 5) is 32.6. The highest BCUT2D eigenvalue weighted by Crippen LogP contribution is 2.36. The van der Waals surface area contributed by atoms with E-state index in [1.807, 2.05) is 38.1 Å². The van der Waals surface area contributed by atoms with Crippen molar-refractivity contribution in [2.45, 2.75) is 45.7 Å². The fraction of sp³-hybridized carbons (Fsp3) is 0.379. The molecule has 0 amide bonds. The number of aryl methyl sites for hydroxylation is 3. The number of likely N-dealkylation sites (N-methyl/N-ethyl adjacent to an activating group) is 1. The van der Waals surface area contributed by atoms with Crippen LogP contribution in [-0.4, -0.2) is 63.9 Å². The highest BCUT2D eigenvalue weighted by atomic mass is 35.5. The van der Waals surface area contributed by atoms with Gasteiger partial charge in [0.25, 0.3) is 5.56 Å². The third kappa shape index (κ3) is 5.16. The standard InChI is InChI=1S/C29H32ClN5O4/c1-17-14-21(25-9-10-26(29(37)38-5)35(25)32-17)22-15-19(30)6-11-27(22)39-13-12-34-18(2)31-24-8-7-20(33(3)4)16-23(24)28(34)36/h6,9-11,14-15,20H,7-8,12-13,16H2,1-5H3. The lowest BCUT2D eigenvalue weighted by Crippen LogP contribution is -2.39. The molecule has 9 nitrogen and oxygen atoms in total. The zero-order valence-electron chi connectivity index (χ0n) is 22.8. The molecule has 0 fully saturated rings. The molecule has 0 saturated heterocycles. The van der Waals surface area contributed by atoms with Crippen molar-refractivity contribution < 1.29 is 14.3 Å². The van der Waals surface area contributed by atoms with Gasteiger partial charge >= 0.3 is 5.97 Å². The largest absolute Gasteiger partial charge is 0.491 e. The number of halogens is 1. The number of carbonyl (C=O) groups is 1. The van der Waals surface area contributed by atoms with Crippen molar-refractivity contribution in [3.05, 3.63) is 80.2 Å². The zero-order chi connectivity index (χ0) is 27.8. The van der Waals surface area contributed by atoms with Gasteiger partial charge in [-0.1, -0.05) is 11.6 Å². The zero-order valence-corrected chi connectivity index (χ0v) is 23.6. The molecule has 5 rings (SSSR count). The highest BCUT2D eigenvalue weighted by Gasteiger charge is 2.25. The summed E-state index contributed by atoms with van der Waals surface area (Å²) in [6.45, 7) is 4.35. The Morgan fingerprint density at radius 3 is 2.69 bits per heavy atom. The van der Waals surface area contributed by atoms with Crippen LogP contribution in [0.4, 0.5) is 0 Å². The molecule has 3 heterocycles. The second kappa shape index (κ2) is 10.8. The van der Waals surface area contributed by atoms with Gasteiger partial charge < -0.3 is 14.4 Å². The maximum atomic E-state index is 13.4. The van der Waals surface area contributed by atoms with Crippen molar-refractivity contribution in [2.24, 2.45) is 0 Å². The molecule has 1 aliphatic carbocycles. The van der Waals surface area contributed by atoms with Crippen LogP contribution in [0.3, 0.4) is 0 Å². The van der Waals surface area contributed by atoms with Gasteiger partial charge in [-0.15, -0.1) is 0 Å². The summed E-state index contributed by atoms with van der Waals surface area (Å²) in [5.74, 6) is 0.826. The number of nitrogens with zero attached hydrogens (tertiary/aromatic N) is 5. The van der Waals surface area contributed by atoms with Crippen molar-refractivity contribution in [2.75, 3.05) is 27.8 Å². The number of hydrogen-bond donors (Lipinski definition) is 0. The first kappa shape index (κ1) is 26.9. The van der Waals surface area contributed by atoms with E-state index in [4.69, 9.17) is 26.1 Å². The van der Waals surface area contributed by atoms with Gasteiger partial charge in [-0.2, -0.15) is 5.10 Å². The Morgan fingerprint density at radius 1 is 1.15 bits per heavy atom. The van der Waals surface area contributed by atoms with E-state index in [1.54, 1.807) is 21.2 Å². The molecule has 1 aromatic carbocycles. The Hall–Kier alpha value is -3.69. The number of hydrogen-bond acceptors (Lipinski definition) is 7. The summed E-state index contributed by atoms with van der Waals surface area (Å²) in [5, 5.41) is 5.06. The number of aromatic nitrogens is 4. The lowest BCUT2D eigenvalue weighted by atomic mass is 9.92. The monoisotopic (exact) mass is 549 g/mol. The lowest BCUT2D eigenvalue weighted by molar-refractivity contribution is 0.0591. The number of benzene rings is 1. The first-order valence-electron chi connectivity index (χ1n) is 12.9. The summed E-state index contributed by atoms with van der Waals surface area (Å²) in [6.07, 6.45) is 2.53. The smallest absolute Gasteiger partial charge is 0.356 e. The van der Waals surface area contributed by atoms with Gasteiger partial charge in [0.1, 0.15) is 18.2 Å². The van der Waals surface area contributed by atoms with Gasteiger partial charge in [0, 0.05) is 27.8 Å². The van der Waals surface area contributed by atoms with Crippen LogP contribution in [0.2, 0.25) is 5.02 Å². The molecule has 0 N–H and O–H groups in total. The molecule has 0 aliphatic heterocycles. The molecule has 39 heavy (non-hydrogen) atoms. The van der Waals surface area contributed by atoms with E-state index >= 15 is 0 Å². The molecule has 0 bridgehead atoms. The number of methoxy groups -OCH3 is 1. The number of fused-ring (bicyclic) bond motifs is 2. The van der Waals surface area contributed by atoms with Gasteiger partial charge in [0.15, 0.2) is 5.69 Å². The van der Waals surface area contributed by atoms with Crippen molar-refractivity contribution in [1.82, 2.24) is 24.1 Å². The number of carbonyl (C=O) groups excluding carboxylic acids is 1. The van der Waals surface area contributed by atoms with Crippen LogP contribution in [0.25, 0.3) is 16.6 Å². The molecular weight excluding hydrogens is 518 g/mol. The molecule has 3 aromatic heterocycles. The Bertz CT molecular complexity index is 1620. The molecule has 0 spiro atoms. The summed E-state index contributed by atoms with van der Waals surface area (Å²) >= 11 is 6.40. The average molecular weight is 550 g/mol. The molecular formula is C29H32ClN5O4. The quantitative estimate of drug-likeness (QED) is 0.320. The van der Waals surface area contributed by atoms with E-state index in [-0.39, 0.29) is 12.2 Å². The molecule has 0 saturated carbocycles. The number of esters is 1. The molecule has 0 radical (unpaired) electrons. The molecule has 4 aromatic rings. The van der Waals surface area contributed by atoms with Crippen molar-refractivity contribution in [1.29, 1.82) is 0 Å². The SMILES string of the molecule is COC(=O)c1ccc2c(-c3cc(Cl)ccc3OCCn3c(C)nc4c(c3=O)CC(N(C)C)CC4)cc(C)nn12. The van der Waals surface area contributed by atoms with Gasteiger partial charge in [-0.25, -0.2) is 14.3 Å². The van der Waals surface area contributed by atoms with Gasteiger partial charge in [-0.3, -0.25) is 9.36 Å². The van der Waals surface area contributed by atoms with Crippen LogP contribution >= 0.6 is 11.6 Å². The van der Waals surface area contributed by atoms with E-state index in [0.717, 1.165) is 40.7 Å². The Labute approximate surface area is 231 Å². The maximum absolute atomic E-state index is 13.4. The minimum Gasteiger partial charge on any atom is -0.491 e. The Balaban J connectivity index is 1.45. The van der Waals surface area contributed by atoms with E-state index in [9.17, 15) is 9.59 Å². The topological polar surface area (TPSA) is 91.0 Å². The van der Waals surface area contributed by atoms with Gasteiger partial charge in [0.05, 0.1) is 30.6 Å². The first-order chi connectivity index (χ1) is 18.7. The van der Waals surface area contributed by atoms with Crippen LogP contribution in [0.5, 0.6) is 5.75 Å². The van der Waals surface area contributed by atoms with Crippen molar-refractivity contribution in [3.8, 4) is 16.9 Å². The van der Waals surface area contributed by atoms with Crippen molar-refractivity contribution >= 4 is 23.1 Å². The Morgan fingerprint density at radius 2 is 1.95 bits per heavy atom. The fourth-order valence-electron chi connectivity index (χ4n) is 5.28. The lowest BCUT2D eigenvalue weighted by Gasteiger charge is -2.29. The summed E-state index contributed by atoms with van der Waals surface area (Å²) in [5.41, 5.74) is 5.07. The van der Waals surface area contributed by atoms with Crippen LogP contribution in [-0.2, 0) is 24.1 Å². The van der Waals surface area contributed by atoms with Crippen molar-refractivity contribution in [3.63, 3.8) is 0 Å². The van der Waals surface area contributed by atoms with Crippen LogP contribution in [0, 0.1) is 13.8 Å². The molecule has 1 aliphatic rings. The van der Waals surface area contributed by atoms with E-state index in [1.165, 1.54) is 7.11 Å². The summed E-state index contributed by atoms with van der Waals surface area (Å²) < 4.78 is 14.4. The molecule has 204 valence electrons. The average Bonchev–Trinajstić information content (AvgIpc) is 3.33. The molecule has 1 unspecified atom stereocenters. The number of ether oxygens (including phenoxy) is 2. The third-order valence-corrected chi connectivity index (χ3v) is 7.60. The molecule has 10 heteroatoms. The van der Waals surface area contributed by atoms with Gasteiger partial charge in [-0.05, 0) is 83.6 Å². The fourth-order valence-corrected chi connectivity index (χ4v) is 5.46. The predicted octanol–water partition coefficient (Wildman–Crippen LogP) is 4.11. The van der Waals surface area contributed by atoms with Crippen LogP contribution in [0.15, 0.2) is 41.2 Å².